The lowest BCUT2D eigenvalue weighted by Gasteiger charge is -2.43. The van der Waals surface area contributed by atoms with Gasteiger partial charge in [0.2, 0.25) is 0 Å². The predicted octanol–water partition coefficient (Wildman–Crippen LogP) is 3.91. The molecule has 0 bridgehead atoms. The van der Waals surface area contributed by atoms with Crippen LogP contribution in [0.3, 0.4) is 0 Å². The highest BCUT2D eigenvalue weighted by molar-refractivity contribution is 5.95. The third kappa shape index (κ3) is 3.96. The van der Waals surface area contributed by atoms with Crippen LogP contribution in [0.1, 0.15) is 55.7 Å². The number of benzene rings is 1. The van der Waals surface area contributed by atoms with Crippen molar-refractivity contribution >= 4 is 11.6 Å². The summed E-state index contributed by atoms with van der Waals surface area (Å²) >= 11 is 0. The SMILES string of the molecule is CCCC(C(=O)Nc1c(C)cc(C#N)cc1C)[N+]1(C)CCCCC1. The molecular formula is C20H30N3O+. The second kappa shape index (κ2) is 7.81. The average molecular weight is 328 g/mol. The first-order valence-corrected chi connectivity index (χ1v) is 9.07. The minimum atomic E-state index is 0.00439. The van der Waals surface area contributed by atoms with E-state index >= 15 is 0 Å². The maximum atomic E-state index is 13.1. The summed E-state index contributed by atoms with van der Waals surface area (Å²) in [5.74, 6) is 0.122. The fraction of sp³-hybridized carbons (Fsp3) is 0.600. The van der Waals surface area contributed by atoms with Crippen molar-refractivity contribution in [3.63, 3.8) is 0 Å². The van der Waals surface area contributed by atoms with Gasteiger partial charge in [-0.15, -0.1) is 0 Å². The molecule has 1 aliphatic rings. The number of carbonyl (C=O) groups is 1. The van der Waals surface area contributed by atoms with Crippen LogP contribution in [0.4, 0.5) is 5.69 Å². The predicted molar refractivity (Wildman–Crippen MR) is 97.7 cm³/mol. The largest absolute Gasteiger partial charge is 0.320 e. The lowest BCUT2D eigenvalue weighted by Crippen LogP contribution is -2.59. The van der Waals surface area contributed by atoms with Gasteiger partial charge in [0.15, 0.2) is 6.04 Å². The second-order valence-corrected chi connectivity index (χ2v) is 7.38. The highest BCUT2D eigenvalue weighted by Crippen LogP contribution is 2.27. The number of anilines is 1. The van der Waals surface area contributed by atoms with Crippen molar-refractivity contribution in [3.05, 3.63) is 28.8 Å². The van der Waals surface area contributed by atoms with Crippen LogP contribution >= 0.6 is 0 Å². The van der Waals surface area contributed by atoms with Crippen LogP contribution in [-0.4, -0.2) is 36.6 Å². The quantitative estimate of drug-likeness (QED) is 0.833. The minimum absolute atomic E-state index is 0.00439. The van der Waals surface area contributed by atoms with Gasteiger partial charge in [-0.05, 0) is 62.8 Å². The molecule has 0 radical (unpaired) electrons. The van der Waals surface area contributed by atoms with E-state index in [9.17, 15) is 4.79 Å². The van der Waals surface area contributed by atoms with E-state index in [0.29, 0.717) is 5.56 Å². The molecule has 0 aliphatic carbocycles. The van der Waals surface area contributed by atoms with E-state index in [1.54, 1.807) is 0 Å². The van der Waals surface area contributed by atoms with E-state index in [0.717, 1.165) is 47.2 Å². The van der Waals surface area contributed by atoms with E-state index in [1.165, 1.54) is 19.3 Å². The molecular weight excluding hydrogens is 298 g/mol. The van der Waals surface area contributed by atoms with Gasteiger partial charge in [-0.25, -0.2) is 0 Å². The minimum Gasteiger partial charge on any atom is -0.320 e. The van der Waals surface area contributed by atoms with Crippen LogP contribution in [0.15, 0.2) is 12.1 Å². The Labute approximate surface area is 146 Å². The van der Waals surface area contributed by atoms with Crippen molar-refractivity contribution in [2.45, 2.75) is 58.9 Å². The van der Waals surface area contributed by atoms with E-state index in [-0.39, 0.29) is 11.9 Å². The third-order valence-electron chi connectivity index (χ3n) is 5.37. The number of rotatable bonds is 5. The molecule has 1 fully saturated rings. The average Bonchev–Trinajstić information content (AvgIpc) is 2.56. The van der Waals surface area contributed by atoms with Gasteiger partial charge in [0.1, 0.15) is 0 Å². The third-order valence-corrected chi connectivity index (χ3v) is 5.37. The zero-order valence-electron chi connectivity index (χ0n) is 15.5. The summed E-state index contributed by atoms with van der Waals surface area (Å²) in [7, 11) is 2.23. The first-order chi connectivity index (χ1) is 11.4. The fourth-order valence-electron chi connectivity index (χ4n) is 3.98. The molecule has 4 nitrogen and oxygen atoms in total. The number of nitrogens with one attached hydrogen (secondary N) is 1. The second-order valence-electron chi connectivity index (χ2n) is 7.38. The van der Waals surface area contributed by atoms with Gasteiger partial charge in [0.25, 0.3) is 5.91 Å². The molecule has 1 heterocycles. The van der Waals surface area contributed by atoms with E-state index < -0.39 is 0 Å². The van der Waals surface area contributed by atoms with Crippen molar-refractivity contribution in [1.82, 2.24) is 0 Å². The molecule has 1 amide bonds. The van der Waals surface area contributed by atoms with Crippen LogP contribution in [0.2, 0.25) is 0 Å². The Hall–Kier alpha value is -1.86. The highest BCUT2D eigenvalue weighted by atomic mass is 16.2. The number of likely N-dealkylation sites (N-methyl/N-ethyl adjacent to an activating group) is 1. The standard InChI is InChI=1S/C20H29N3O/c1-5-9-18(23(4)10-7-6-8-11-23)20(24)22-19-15(2)12-17(14-21)13-16(19)3/h12-13,18H,5-11H2,1-4H3/p+1. The Morgan fingerprint density at radius 3 is 2.33 bits per heavy atom. The Balaban J connectivity index is 2.24. The molecule has 0 aromatic heterocycles. The van der Waals surface area contributed by atoms with Crippen LogP contribution in [0, 0.1) is 25.2 Å². The first kappa shape index (κ1) is 18.5. The first-order valence-electron chi connectivity index (χ1n) is 9.07. The Kier molecular flexibility index (Phi) is 6.01. The lowest BCUT2D eigenvalue weighted by atomic mass is 9.99. The molecule has 2 rings (SSSR count). The van der Waals surface area contributed by atoms with Gasteiger partial charge < -0.3 is 9.80 Å². The van der Waals surface area contributed by atoms with Gasteiger partial charge in [0, 0.05) is 12.1 Å². The van der Waals surface area contributed by atoms with Gasteiger partial charge >= 0.3 is 0 Å². The lowest BCUT2D eigenvalue weighted by molar-refractivity contribution is -0.929. The number of hydrogen-bond donors (Lipinski definition) is 1. The number of piperidine rings is 1. The number of likely N-dealkylation sites (tertiary alicyclic amines) is 1. The molecule has 1 aliphatic heterocycles. The van der Waals surface area contributed by atoms with Crippen molar-refractivity contribution in [2.24, 2.45) is 0 Å². The molecule has 1 unspecified atom stereocenters. The van der Waals surface area contributed by atoms with E-state index in [4.69, 9.17) is 5.26 Å². The summed E-state index contributed by atoms with van der Waals surface area (Å²) < 4.78 is 0.855. The van der Waals surface area contributed by atoms with Gasteiger partial charge in [0.05, 0.1) is 31.8 Å². The molecule has 130 valence electrons. The fourth-order valence-corrected chi connectivity index (χ4v) is 3.98. The molecule has 24 heavy (non-hydrogen) atoms. The Bertz CT molecular complexity index is 616. The maximum absolute atomic E-state index is 13.1. The molecule has 0 saturated carbocycles. The number of carbonyl (C=O) groups excluding carboxylic acids is 1. The molecule has 1 aromatic rings. The van der Waals surface area contributed by atoms with Gasteiger partial charge in [-0.1, -0.05) is 6.92 Å². The molecule has 1 atom stereocenters. The van der Waals surface area contributed by atoms with Crippen molar-refractivity contribution in [1.29, 1.82) is 5.26 Å². The normalized spacial score (nSPS) is 17.8. The molecule has 1 saturated heterocycles. The van der Waals surface area contributed by atoms with E-state index in [2.05, 4.69) is 25.4 Å². The molecule has 1 aromatic carbocycles. The number of amides is 1. The van der Waals surface area contributed by atoms with Crippen LogP contribution in [0.25, 0.3) is 0 Å². The van der Waals surface area contributed by atoms with Crippen LogP contribution < -0.4 is 5.32 Å². The molecule has 1 N–H and O–H groups in total. The van der Waals surface area contributed by atoms with Gasteiger partial charge in [-0.2, -0.15) is 5.26 Å². The smallest absolute Gasteiger partial charge is 0.282 e. The number of nitrogens with zero attached hydrogens (tertiary/aromatic N) is 2. The van der Waals surface area contributed by atoms with Crippen LogP contribution in [0.5, 0.6) is 0 Å². The summed E-state index contributed by atoms with van der Waals surface area (Å²) in [6, 6.07) is 5.86. The zero-order valence-corrected chi connectivity index (χ0v) is 15.5. The van der Waals surface area contributed by atoms with Crippen molar-refractivity contribution < 1.29 is 9.28 Å². The van der Waals surface area contributed by atoms with Crippen molar-refractivity contribution in [2.75, 3.05) is 25.5 Å². The Morgan fingerprint density at radius 2 is 1.83 bits per heavy atom. The summed E-state index contributed by atoms with van der Waals surface area (Å²) in [6.45, 7) is 8.23. The number of hydrogen-bond acceptors (Lipinski definition) is 2. The Morgan fingerprint density at radius 1 is 1.25 bits per heavy atom. The zero-order chi connectivity index (χ0) is 17.7. The van der Waals surface area contributed by atoms with Crippen molar-refractivity contribution in [3.8, 4) is 6.07 Å². The summed E-state index contributed by atoms with van der Waals surface area (Å²) in [5, 5.41) is 12.3. The monoisotopic (exact) mass is 328 g/mol. The summed E-state index contributed by atoms with van der Waals surface area (Å²) in [4.78, 5) is 13.1. The van der Waals surface area contributed by atoms with Crippen LogP contribution in [-0.2, 0) is 4.79 Å². The topological polar surface area (TPSA) is 52.9 Å². The highest BCUT2D eigenvalue weighted by Gasteiger charge is 2.38. The summed E-state index contributed by atoms with van der Waals surface area (Å²) in [5.41, 5.74) is 3.42. The van der Waals surface area contributed by atoms with E-state index in [1.807, 2.05) is 26.0 Å². The number of aryl methyl sites for hydroxylation is 2. The maximum Gasteiger partial charge on any atom is 0.282 e. The van der Waals surface area contributed by atoms with Gasteiger partial charge in [-0.3, -0.25) is 4.79 Å². The molecule has 4 heteroatoms. The summed E-state index contributed by atoms with van der Waals surface area (Å²) in [6.07, 6.45) is 5.62. The number of nitriles is 1. The number of quaternary nitrogens is 1. The molecule has 0 spiro atoms.